The van der Waals surface area contributed by atoms with Gasteiger partial charge in [0.2, 0.25) is 0 Å². The van der Waals surface area contributed by atoms with Gasteiger partial charge in [-0.15, -0.1) is 0 Å². The zero-order valence-corrected chi connectivity index (χ0v) is 26.8. The van der Waals surface area contributed by atoms with Gasteiger partial charge in [-0.05, 0) is 114 Å². The minimum atomic E-state index is 0.0112. The zero-order valence-electron chi connectivity index (χ0n) is 26.8. The number of benzene rings is 1. The van der Waals surface area contributed by atoms with Gasteiger partial charge in [0.1, 0.15) is 5.75 Å². The number of rotatable bonds is 15. The Kier molecular flexibility index (Phi) is 11.1. The predicted octanol–water partition coefficient (Wildman–Crippen LogP) is 9.40. The van der Waals surface area contributed by atoms with Crippen LogP contribution in [-0.2, 0) is 33.5 Å². The first-order chi connectivity index (χ1) is 19.2. The molecular formula is C36H60O4. The van der Waals surface area contributed by atoms with Crippen LogP contribution >= 0.6 is 0 Å². The highest BCUT2D eigenvalue weighted by Crippen LogP contribution is 2.41. The molecule has 3 atom stereocenters. The van der Waals surface area contributed by atoms with Crippen molar-refractivity contribution in [2.45, 2.75) is 192 Å². The van der Waals surface area contributed by atoms with Gasteiger partial charge < -0.3 is 19.3 Å². The average molecular weight is 557 g/mol. The molecule has 3 unspecified atom stereocenters. The summed E-state index contributed by atoms with van der Waals surface area (Å²) in [6.07, 6.45) is 20.6. The molecule has 0 bridgehead atoms. The fourth-order valence-corrected chi connectivity index (χ4v) is 8.41. The molecule has 3 saturated carbocycles. The molecule has 4 heteroatoms. The number of phenolic OH excluding ortho intramolecular Hbond substituents is 1. The Labute approximate surface area is 245 Å². The third-order valence-corrected chi connectivity index (χ3v) is 10.8. The zero-order chi connectivity index (χ0) is 28.8. The second-order valence-electron chi connectivity index (χ2n) is 13.8. The van der Waals surface area contributed by atoms with Crippen molar-refractivity contribution in [3.63, 3.8) is 0 Å². The molecule has 0 saturated heterocycles. The van der Waals surface area contributed by atoms with Crippen LogP contribution in [0.3, 0.4) is 0 Å². The highest BCUT2D eigenvalue weighted by Gasteiger charge is 2.37. The van der Waals surface area contributed by atoms with Crippen molar-refractivity contribution < 1.29 is 19.3 Å². The Hall–Kier alpha value is -1.10. The van der Waals surface area contributed by atoms with Crippen LogP contribution in [0.5, 0.6) is 5.75 Å². The summed E-state index contributed by atoms with van der Waals surface area (Å²) in [4.78, 5) is 0. The highest BCUT2D eigenvalue weighted by atomic mass is 16.5. The van der Waals surface area contributed by atoms with E-state index in [9.17, 15) is 5.11 Å². The quantitative estimate of drug-likeness (QED) is 0.234. The Bertz CT molecular complexity index is 921. The molecular weight excluding hydrogens is 496 g/mol. The number of ether oxygens (including phenoxy) is 3. The molecule has 3 fully saturated rings. The number of hydrogen-bond acceptors (Lipinski definition) is 4. The van der Waals surface area contributed by atoms with Crippen molar-refractivity contribution in [3.8, 4) is 5.75 Å². The summed E-state index contributed by atoms with van der Waals surface area (Å²) >= 11 is 0. The van der Waals surface area contributed by atoms with Crippen LogP contribution in [0.4, 0.5) is 0 Å². The molecule has 1 N–H and O–H groups in total. The van der Waals surface area contributed by atoms with Crippen LogP contribution in [0, 0.1) is 0 Å². The van der Waals surface area contributed by atoms with Crippen molar-refractivity contribution in [1.29, 1.82) is 0 Å². The highest BCUT2D eigenvalue weighted by molar-refractivity contribution is 5.45. The number of hydrogen-bond donors (Lipinski definition) is 1. The van der Waals surface area contributed by atoms with Gasteiger partial charge >= 0.3 is 0 Å². The topological polar surface area (TPSA) is 47.9 Å². The van der Waals surface area contributed by atoms with Crippen LogP contribution in [0.15, 0.2) is 12.1 Å². The maximum atomic E-state index is 11.3. The number of phenols is 1. The largest absolute Gasteiger partial charge is 0.508 e. The molecule has 1 aromatic rings. The second-order valence-corrected chi connectivity index (χ2v) is 13.8. The van der Waals surface area contributed by atoms with Crippen molar-refractivity contribution in [2.24, 2.45) is 0 Å². The molecule has 3 aliphatic rings. The molecule has 1 aromatic carbocycles. The summed E-state index contributed by atoms with van der Waals surface area (Å²) in [6.45, 7) is 13.5. The maximum absolute atomic E-state index is 11.3. The van der Waals surface area contributed by atoms with Crippen molar-refractivity contribution in [2.75, 3.05) is 0 Å². The summed E-state index contributed by atoms with van der Waals surface area (Å²) < 4.78 is 20.4. The summed E-state index contributed by atoms with van der Waals surface area (Å²) in [5, 5.41) is 11.3. The van der Waals surface area contributed by atoms with Gasteiger partial charge in [0.15, 0.2) is 0 Å². The van der Waals surface area contributed by atoms with E-state index in [1.54, 1.807) is 0 Å². The van der Waals surface area contributed by atoms with E-state index in [0.717, 1.165) is 56.9 Å². The van der Waals surface area contributed by atoms with E-state index in [1.807, 2.05) is 6.07 Å². The molecule has 228 valence electrons. The molecule has 4 rings (SSSR count). The molecule has 0 aliphatic heterocycles. The van der Waals surface area contributed by atoms with E-state index < -0.39 is 0 Å². The number of aromatic hydroxyl groups is 1. The first kappa shape index (κ1) is 31.8. The predicted molar refractivity (Wildman–Crippen MR) is 165 cm³/mol. The van der Waals surface area contributed by atoms with Gasteiger partial charge in [-0.2, -0.15) is 0 Å². The van der Waals surface area contributed by atoms with Crippen molar-refractivity contribution >= 4 is 0 Å². The Balaban J connectivity index is 1.57. The Morgan fingerprint density at radius 2 is 0.925 bits per heavy atom. The molecule has 0 aromatic heterocycles. The minimum Gasteiger partial charge on any atom is -0.508 e. The standard InChI is InChI=1S/C36H60O4/c1-7-34(18-10-11-19-34)38-27(4)24-30-16-17-33(37)32(26-29(6)40-36(9-3)22-14-15-23-36)31(30)25-28(5)39-35(8-2)20-12-13-21-35/h16-17,27-29,37H,7-15,18-26H2,1-6H3. The van der Waals surface area contributed by atoms with E-state index in [1.165, 1.54) is 75.3 Å². The third-order valence-electron chi connectivity index (χ3n) is 10.8. The van der Waals surface area contributed by atoms with Crippen LogP contribution in [-0.4, -0.2) is 40.2 Å². The maximum Gasteiger partial charge on any atom is 0.119 e. The van der Waals surface area contributed by atoms with E-state index in [4.69, 9.17) is 14.2 Å². The monoisotopic (exact) mass is 556 g/mol. The lowest BCUT2D eigenvalue weighted by Gasteiger charge is -2.34. The van der Waals surface area contributed by atoms with Gasteiger partial charge in [0.25, 0.3) is 0 Å². The van der Waals surface area contributed by atoms with Gasteiger partial charge in [-0.1, -0.05) is 65.4 Å². The van der Waals surface area contributed by atoms with Crippen molar-refractivity contribution in [3.05, 3.63) is 28.8 Å². The Morgan fingerprint density at radius 1 is 0.575 bits per heavy atom. The SMILES string of the molecule is CCC1(OC(C)Cc2ccc(O)c(CC(C)OC3(CC)CCCC3)c2CC(C)OC2(CC)CCCC2)CCCC1. The molecule has 40 heavy (non-hydrogen) atoms. The summed E-state index contributed by atoms with van der Waals surface area (Å²) in [5.41, 5.74) is 3.70. The minimum absolute atomic E-state index is 0.0112. The van der Waals surface area contributed by atoms with E-state index in [2.05, 4.69) is 47.6 Å². The molecule has 4 nitrogen and oxygen atoms in total. The molecule has 3 aliphatic carbocycles. The smallest absolute Gasteiger partial charge is 0.119 e. The first-order valence-corrected chi connectivity index (χ1v) is 17.0. The lowest BCUT2D eigenvalue weighted by Crippen LogP contribution is -2.35. The fourth-order valence-electron chi connectivity index (χ4n) is 8.41. The fraction of sp³-hybridized carbons (Fsp3) is 0.833. The summed E-state index contributed by atoms with van der Waals surface area (Å²) in [7, 11) is 0. The molecule has 0 spiro atoms. The lowest BCUT2D eigenvalue weighted by atomic mass is 9.89. The molecule has 0 amide bonds. The first-order valence-electron chi connectivity index (χ1n) is 17.0. The van der Waals surface area contributed by atoms with Gasteiger partial charge in [0.05, 0.1) is 35.1 Å². The molecule has 0 heterocycles. The van der Waals surface area contributed by atoms with Crippen molar-refractivity contribution in [1.82, 2.24) is 0 Å². The van der Waals surface area contributed by atoms with Crippen LogP contribution < -0.4 is 0 Å². The van der Waals surface area contributed by atoms with E-state index >= 15 is 0 Å². The van der Waals surface area contributed by atoms with E-state index in [0.29, 0.717) is 5.75 Å². The van der Waals surface area contributed by atoms with Gasteiger partial charge in [-0.25, -0.2) is 0 Å². The average Bonchev–Trinajstić information content (AvgIpc) is 3.70. The van der Waals surface area contributed by atoms with Crippen LogP contribution in [0.2, 0.25) is 0 Å². The summed E-state index contributed by atoms with van der Waals surface area (Å²) in [5.74, 6) is 0.402. The van der Waals surface area contributed by atoms with Gasteiger partial charge in [-0.3, -0.25) is 0 Å². The van der Waals surface area contributed by atoms with Crippen LogP contribution in [0.25, 0.3) is 0 Å². The Morgan fingerprint density at radius 3 is 1.30 bits per heavy atom. The third kappa shape index (κ3) is 7.64. The normalized spacial score (nSPS) is 23.9. The summed E-state index contributed by atoms with van der Waals surface area (Å²) in [6, 6.07) is 4.06. The lowest BCUT2D eigenvalue weighted by molar-refractivity contribution is -0.0879. The second kappa shape index (κ2) is 13.9. The van der Waals surface area contributed by atoms with E-state index in [-0.39, 0.29) is 35.1 Å². The van der Waals surface area contributed by atoms with Crippen LogP contribution in [0.1, 0.15) is 155 Å². The van der Waals surface area contributed by atoms with Gasteiger partial charge in [0, 0.05) is 6.42 Å². The molecule has 0 radical (unpaired) electrons.